The van der Waals surface area contributed by atoms with Crippen molar-refractivity contribution < 1.29 is 19.1 Å². The van der Waals surface area contributed by atoms with Crippen molar-refractivity contribution in [3.8, 4) is 0 Å². The van der Waals surface area contributed by atoms with Gasteiger partial charge < -0.3 is 14.4 Å². The van der Waals surface area contributed by atoms with Crippen molar-refractivity contribution in [2.45, 2.75) is 18.9 Å². The highest BCUT2D eigenvalue weighted by Crippen LogP contribution is 2.16. The predicted molar refractivity (Wildman–Crippen MR) is 98.2 cm³/mol. The number of carbonyl (C=O) groups excluding carboxylic acids is 2. The standard InChI is InChI=1S/C21H23NO4/c1-25-21(24)18-9-5-8-17(14-18)20(23)22-12-13-26-19(15-22)11-10-16-6-3-2-4-7-16/h2-9,14,19H,10-13,15H2,1H3. The zero-order valence-electron chi connectivity index (χ0n) is 14.9. The molecule has 0 bridgehead atoms. The van der Waals surface area contributed by atoms with Crippen molar-refractivity contribution in [1.82, 2.24) is 4.90 Å². The van der Waals surface area contributed by atoms with Crippen molar-refractivity contribution in [1.29, 1.82) is 0 Å². The SMILES string of the molecule is COC(=O)c1cccc(C(=O)N2CCOC(CCc3ccccc3)C2)c1. The molecule has 136 valence electrons. The molecule has 1 saturated heterocycles. The summed E-state index contributed by atoms with van der Waals surface area (Å²) in [6.07, 6.45) is 1.82. The number of aryl methyl sites for hydroxylation is 1. The highest BCUT2D eigenvalue weighted by atomic mass is 16.5. The molecule has 1 atom stereocenters. The van der Waals surface area contributed by atoms with Crippen molar-refractivity contribution in [2.24, 2.45) is 0 Å². The van der Waals surface area contributed by atoms with Crippen LogP contribution in [0.2, 0.25) is 0 Å². The normalized spacial score (nSPS) is 17.0. The second-order valence-corrected chi connectivity index (χ2v) is 6.34. The number of esters is 1. The third-order valence-corrected chi connectivity index (χ3v) is 4.55. The van der Waals surface area contributed by atoms with Gasteiger partial charge in [-0.1, -0.05) is 36.4 Å². The number of morpholine rings is 1. The third kappa shape index (κ3) is 4.49. The molecule has 0 N–H and O–H groups in total. The fourth-order valence-electron chi connectivity index (χ4n) is 3.13. The lowest BCUT2D eigenvalue weighted by Gasteiger charge is -2.33. The average molecular weight is 353 g/mol. The van der Waals surface area contributed by atoms with Crippen LogP contribution in [0.3, 0.4) is 0 Å². The number of hydrogen-bond acceptors (Lipinski definition) is 4. The lowest BCUT2D eigenvalue weighted by atomic mass is 10.0. The summed E-state index contributed by atoms with van der Waals surface area (Å²) in [5.41, 5.74) is 2.15. The molecule has 1 aliphatic heterocycles. The highest BCUT2D eigenvalue weighted by Gasteiger charge is 2.25. The molecule has 1 amide bonds. The van der Waals surface area contributed by atoms with Gasteiger partial charge in [0.05, 0.1) is 25.4 Å². The molecule has 1 unspecified atom stereocenters. The Kier molecular flexibility index (Phi) is 6.02. The van der Waals surface area contributed by atoms with E-state index in [2.05, 4.69) is 12.1 Å². The van der Waals surface area contributed by atoms with E-state index in [0.717, 1.165) is 12.8 Å². The van der Waals surface area contributed by atoms with Crippen LogP contribution < -0.4 is 0 Å². The third-order valence-electron chi connectivity index (χ3n) is 4.55. The van der Waals surface area contributed by atoms with Crippen LogP contribution in [0.25, 0.3) is 0 Å². The Bertz CT molecular complexity index is 760. The van der Waals surface area contributed by atoms with Crippen molar-refractivity contribution in [2.75, 3.05) is 26.8 Å². The minimum Gasteiger partial charge on any atom is -0.465 e. The molecule has 0 aromatic heterocycles. The number of benzene rings is 2. The van der Waals surface area contributed by atoms with E-state index < -0.39 is 5.97 Å². The van der Waals surface area contributed by atoms with E-state index in [9.17, 15) is 9.59 Å². The Labute approximate surface area is 153 Å². The molecule has 0 aliphatic carbocycles. The number of amides is 1. The first-order valence-electron chi connectivity index (χ1n) is 8.80. The zero-order chi connectivity index (χ0) is 18.4. The summed E-state index contributed by atoms with van der Waals surface area (Å²) in [6, 6.07) is 16.9. The van der Waals surface area contributed by atoms with E-state index in [1.54, 1.807) is 29.2 Å². The van der Waals surface area contributed by atoms with Gasteiger partial charge >= 0.3 is 5.97 Å². The molecule has 26 heavy (non-hydrogen) atoms. The first-order chi connectivity index (χ1) is 12.7. The summed E-state index contributed by atoms with van der Waals surface area (Å²) in [7, 11) is 1.33. The lowest BCUT2D eigenvalue weighted by molar-refractivity contribution is -0.0246. The van der Waals surface area contributed by atoms with Crippen LogP contribution in [-0.4, -0.2) is 49.7 Å². The van der Waals surface area contributed by atoms with E-state index >= 15 is 0 Å². The van der Waals surface area contributed by atoms with Crippen molar-refractivity contribution in [3.63, 3.8) is 0 Å². The van der Waals surface area contributed by atoms with Gasteiger partial charge in [-0.15, -0.1) is 0 Å². The van der Waals surface area contributed by atoms with Crippen LogP contribution in [0, 0.1) is 0 Å². The number of hydrogen-bond donors (Lipinski definition) is 0. The summed E-state index contributed by atoms with van der Waals surface area (Å²) in [5, 5.41) is 0. The maximum absolute atomic E-state index is 12.8. The molecule has 3 rings (SSSR count). The van der Waals surface area contributed by atoms with Gasteiger partial charge in [0.2, 0.25) is 0 Å². The van der Waals surface area contributed by atoms with E-state index in [1.165, 1.54) is 12.7 Å². The summed E-state index contributed by atoms with van der Waals surface area (Å²) in [5.74, 6) is -0.522. The van der Waals surface area contributed by atoms with Crippen LogP contribution in [0.1, 0.15) is 32.7 Å². The summed E-state index contributed by atoms with van der Waals surface area (Å²) in [6.45, 7) is 1.65. The topological polar surface area (TPSA) is 55.8 Å². The first-order valence-corrected chi connectivity index (χ1v) is 8.80. The van der Waals surface area contributed by atoms with Gasteiger partial charge in [0.15, 0.2) is 0 Å². The fraction of sp³-hybridized carbons (Fsp3) is 0.333. The minimum atomic E-state index is -0.442. The zero-order valence-corrected chi connectivity index (χ0v) is 14.9. The molecule has 2 aromatic carbocycles. The molecule has 5 nitrogen and oxygen atoms in total. The van der Waals surface area contributed by atoms with Gasteiger partial charge in [-0.05, 0) is 36.6 Å². The van der Waals surface area contributed by atoms with Gasteiger partial charge in [-0.2, -0.15) is 0 Å². The minimum absolute atomic E-state index is 0.0247. The van der Waals surface area contributed by atoms with Crippen molar-refractivity contribution >= 4 is 11.9 Å². The fourth-order valence-corrected chi connectivity index (χ4v) is 3.13. The molecule has 0 spiro atoms. The van der Waals surface area contributed by atoms with E-state index in [0.29, 0.717) is 30.8 Å². The maximum atomic E-state index is 12.8. The molecule has 1 fully saturated rings. The highest BCUT2D eigenvalue weighted by molar-refractivity contribution is 5.98. The Morgan fingerprint density at radius 1 is 1.12 bits per heavy atom. The Hall–Kier alpha value is -2.66. The molecular weight excluding hydrogens is 330 g/mol. The van der Waals surface area contributed by atoms with Crippen LogP contribution in [-0.2, 0) is 15.9 Å². The largest absolute Gasteiger partial charge is 0.465 e. The summed E-state index contributed by atoms with van der Waals surface area (Å²) >= 11 is 0. The summed E-state index contributed by atoms with van der Waals surface area (Å²) in [4.78, 5) is 26.3. The quantitative estimate of drug-likeness (QED) is 0.776. The number of methoxy groups -OCH3 is 1. The molecule has 0 saturated carbocycles. The molecule has 0 radical (unpaired) electrons. The van der Waals surface area contributed by atoms with Crippen LogP contribution in [0.15, 0.2) is 54.6 Å². The van der Waals surface area contributed by atoms with E-state index in [4.69, 9.17) is 9.47 Å². The molecule has 5 heteroatoms. The molecule has 1 heterocycles. The lowest BCUT2D eigenvalue weighted by Crippen LogP contribution is -2.45. The molecular formula is C21H23NO4. The number of carbonyl (C=O) groups is 2. The van der Waals surface area contributed by atoms with Crippen LogP contribution in [0.4, 0.5) is 0 Å². The Morgan fingerprint density at radius 3 is 2.65 bits per heavy atom. The molecule has 2 aromatic rings. The van der Waals surface area contributed by atoms with Gasteiger partial charge in [0, 0.05) is 18.7 Å². The van der Waals surface area contributed by atoms with E-state index in [-0.39, 0.29) is 12.0 Å². The first kappa shape index (κ1) is 18.1. The predicted octanol–water partition coefficient (Wildman–Crippen LogP) is 2.95. The number of ether oxygens (including phenoxy) is 2. The smallest absolute Gasteiger partial charge is 0.337 e. The van der Waals surface area contributed by atoms with Crippen LogP contribution >= 0.6 is 0 Å². The monoisotopic (exact) mass is 353 g/mol. The van der Waals surface area contributed by atoms with Gasteiger partial charge in [0.25, 0.3) is 5.91 Å². The second kappa shape index (κ2) is 8.63. The van der Waals surface area contributed by atoms with Gasteiger partial charge in [-0.25, -0.2) is 4.79 Å². The number of nitrogens with zero attached hydrogens (tertiary/aromatic N) is 1. The second-order valence-electron chi connectivity index (χ2n) is 6.34. The molecule has 1 aliphatic rings. The average Bonchev–Trinajstić information content (AvgIpc) is 2.72. The van der Waals surface area contributed by atoms with Gasteiger partial charge in [-0.3, -0.25) is 4.79 Å². The Morgan fingerprint density at radius 2 is 1.88 bits per heavy atom. The Balaban J connectivity index is 1.62. The summed E-state index contributed by atoms with van der Waals surface area (Å²) < 4.78 is 10.6. The number of rotatable bonds is 5. The maximum Gasteiger partial charge on any atom is 0.337 e. The van der Waals surface area contributed by atoms with Crippen LogP contribution in [0.5, 0.6) is 0 Å². The van der Waals surface area contributed by atoms with E-state index in [1.807, 2.05) is 18.2 Å². The van der Waals surface area contributed by atoms with Crippen molar-refractivity contribution in [3.05, 3.63) is 71.3 Å². The van der Waals surface area contributed by atoms with Gasteiger partial charge in [0.1, 0.15) is 0 Å².